The summed E-state index contributed by atoms with van der Waals surface area (Å²) < 4.78 is 4.93. The second-order valence-corrected chi connectivity index (χ2v) is 2.96. The first-order valence-corrected chi connectivity index (χ1v) is 3.85. The molecule has 10 heavy (non-hydrogen) atoms. The average molecular weight is 154 g/mol. The number of hydrogen-bond acceptors (Lipinski definition) is 2. The van der Waals surface area contributed by atoms with E-state index >= 15 is 0 Å². The third-order valence-corrected chi connectivity index (χ3v) is 2.07. The van der Waals surface area contributed by atoms with E-state index in [2.05, 4.69) is 13.0 Å². The Balaban J connectivity index is 2.81. The van der Waals surface area contributed by atoms with E-state index in [0.29, 0.717) is 0 Å². The molecule has 0 aliphatic heterocycles. The van der Waals surface area contributed by atoms with Gasteiger partial charge in [0.1, 0.15) is 0 Å². The van der Waals surface area contributed by atoms with E-state index in [-0.39, 0.29) is 0 Å². The molecule has 0 heterocycles. The van der Waals surface area contributed by atoms with E-state index in [9.17, 15) is 0 Å². The molecule has 0 amide bonds. The number of benzene rings is 1. The summed E-state index contributed by atoms with van der Waals surface area (Å²) in [7, 11) is 1.68. The predicted octanol–water partition coefficient (Wildman–Crippen LogP) is 2.65. The van der Waals surface area contributed by atoms with Gasteiger partial charge in [0, 0.05) is 16.9 Å². The summed E-state index contributed by atoms with van der Waals surface area (Å²) in [6.45, 7) is 2.07. The van der Waals surface area contributed by atoms with Gasteiger partial charge in [0.05, 0.1) is 7.11 Å². The van der Waals surface area contributed by atoms with Gasteiger partial charge in [-0.05, 0) is 18.6 Å². The van der Waals surface area contributed by atoms with Crippen molar-refractivity contribution in [2.45, 2.75) is 11.8 Å². The summed E-state index contributed by atoms with van der Waals surface area (Å²) >= 11 is 1.40. The molecule has 0 aliphatic carbocycles. The molecular formula is C8H10OS. The molecule has 1 rings (SSSR count). The van der Waals surface area contributed by atoms with Gasteiger partial charge < -0.3 is 4.18 Å². The van der Waals surface area contributed by atoms with E-state index < -0.39 is 0 Å². The Hall–Kier alpha value is -0.470. The molecule has 0 aliphatic rings. The Kier molecular flexibility index (Phi) is 2.78. The SMILES string of the molecule is COSc1ccccc1C. The zero-order valence-electron chi connectivity index (χ0n) is 6.13. The van der Waals surface area contributed by atoms with Crippen molar-refractivity contribution in [3.05, 3.63) is 29.8 Å². The van der Waals surface area contributed by atoms with Crippen molar-refractivity contribution in [2.24, 2.45) is 0 Å². The third-order valence-electron chi connectivity index (χ3n) is 1.27. The van der Waals surface area contributed by atoms with Crippen LogP contribution in [0.5, 0.6) is 0 Å². The molecule has 1 aromatic carbocycles. The Morgan fingerprint density at radius 1 is 1.30 bits per heavy atom. The van der Waals surface area contributed by atoms with Crippen LogP contribution in [-0.2, 0) is 4.18 Å². The van der Waals surface area contributed by atoms with Gasteiger partial charge in [-0.2, -0.15) is 0 Å². The minimum Gasteiger partial charge on any atom is -0.314 e. The molecule has 54 valence electrons. The normalized spacial score (nSPS) is 9.80. The van der Waals surface area contributed by atoms with E-state index in [1.807, 2.05) is 18.2 Å². The molecule has 0 N–H and O–H groups in total. The van der Waals surface area contributed by atoms with Crippen molar-refractivity contribution in [1.82, 2.24) is 0 Å². The number of rotatable bonds is 2. The summed E-state index contributed by atoms with van der Waals surface area (Å²) in [6, 6.07) is 8.15. The lowest BCUT2D eigenvalue weighted by molar-refractivity contribution is 0.489. The van der Waals surface area contributed by atoms with Gasteiger partial charge in [-0.25, -0.2) is 0 Å². The molecule has 0 radical (unpaired) electrons. The van der Waals surface area contributed by atoms with Crippen LogP contribution in [0.2, 0.25) is 0 Å². The summed E-state index contributed by atoms with van der Waals surface area (Å²) in [4.78, 5) is 1.19. The van der Waals surface area contributed by atoms with Crippen LogP contribution >= 0.6 is 12.0 Å². The van der Waals surface area contributed by atoms with Gasteiger partial charge in [-0.3, -0.25) is 0 Å². The van der Waals surface area contributed by atoms with Crippen LogP contribution in [0.15, 0.2) is 29.2 Å². The first-order chi connectivity index (χ1) is 4.84. The second kappa shape index (κ2) is 3.64. The first kappa shape index (κ1) is 7.63. The minimum absolute atomic E-state index is 1.19. The molecule has 0 aromatic heterocycles. The average Bonchev–Trinajstić information content (AvgIpc) is 1.94. The topological polar surface area (TPSA) is 9.23 Å². The quantitative estimate of drug-likeness (QED) is 0.606. The molecule has 0 fully saturated rings. The monoisotopic (exact) mass is 154 g/mol. The lowest BCUT2D eigenvalue weighted by atomic mass is 10.2. The Bertz CT molecular complexity index is 210. The molecule has 0 unspecified atom stereocenters. The molecule has 0 spiro atoms. The minimum atomic E-state index is 1.19. The van der Waals surface area contributed by atoms with Crippen LogP contribution in [0, 0.1) is 6.92 Å². The van der Waals surface area contributed by atoms with Crippen LogP contribution in [0.25, 0.3) is 0 Å². The smallest absolute Gasteiger partial charge is 0.0508 e. The molecule has 1 nitrogen and oxygen atoms in total. The van der Waals surface area contributed by atoms with Crippen molar-refractivity contribution in [1.29, 1.82) is 0 Å². The van der Waals surface area contributed by atoms with Crippen molar-refractivity contribution >= 4 is 12.0 Å². The fourth-order valence-electron chi connectivity index (χ4n) is 0.740. The summed E-state index contributed by atoms with van der Waals surface area (Å²) in [5.41, 5.74) is 1.26. The summed E-state index contributed by atoms with van der Waals surface area (Å²) in [5, 5.41) is 0. The zero-order chi connectivity index (χ0) is 7.40. The van der Waals surface area contributed by atoms with Crippen LogP contribution in [0.4, 0.5) is 0 Å². The maximum absolute atomic E-state index is 4.93. The van der Waals surface area contributed by atoms with Crippen molar-refractivity contribution in [3.63, 3.8) is 0 Å². The van der Waals surface area contributed by atoms with E-state index in [4.69, 9.17) is 4.18 Å². The van der Waals surface area contributed by atoms with Crippen LogP contribution in [0.3, 0.4) is 0 Å². The second-order valence-electron chi connectivity index (χ2n) is 2.02. The fraction of sp³-hybridized carbons (Fsp3) is 0.250. The molecule has 2 heteroatoms. The maximum atomic E-state index is 4.93. The van der Waals surface area contributed by atoms with E-state index in [0.717, 1.165) is 0 Å². The van der Waals surface area contributed by atoms with Gasteiger partial charge in [-0.15, -0.1) is 0 Å². The lowest BCUT2D eigenvalue weighted by Crippen LogP contribution is -1.77. The summed E-state index contributed by atoms with van der Waals surface area (Å²) in [5.74, 6) is 0. The van der Waals surface area contributed by atoms with Crippen LogP contribution in [-0.4, -0.2) is 7.11 Å². The highest BCUT2D eigenvalue weighted by Gasteiger charge is 1.94. The van der Waals surface area contributed by atoms with Crippen LogP contribution in [0.1, 0.15) is 5.56 Å². The van der Waals surface area contributed by atoms with Crippen molar-refractivity contribution in [2.75, 3.05) is 7.11 Å². The molecule has 0 saturated heterocycles. The molecule has 1 aromatic rings. The highest BCUT2D eigenvalue weighted by atomic mass is 32.2. The number of hydrogen-bond donors (Lipinski definition) is 0. The Labute approximate surface area is 65.6 Å². The maximum Gasteiger partial charge on any atom is 0.0508 e. The van der Waals surface area contributed by atoms with Crippen molar-refractivity contribution in [3.8, 4) is 0 Å². The Morgan fingerprint density at radius 3 is 2.60 bits per heavy atom. The molecular weight excluding hydrogens is 144 g/mol. The van der Waals surface area contributed by atoms with Gasteiger partial charge in [0.2, 0.25) is 0 Å². The van der Waals surface area contributed by atoms with Gasteiger partial charge in [-0.1, -0.05) is 18.2 Å². The lowest BCUT2D eigenvalue weighted by Gasteiger charge is -1.99. The Morgan fingerprint density at radius 2 is 2.00 bits per heavy atom. The van der Waals surface area contributed by atoms with E-state index in [1.165, 1.54) is 22.5 Å². The molecule has 0 bridgehead atoms. The summed E-state index contributed by atoms with van der Waals surface area (Å²) in [6.07, 6.45) is 0. The van der Waals surface area contributed by atoms with Crippen molar-refractivity contribution < 1.29 is 4.18 Å². The first-order valence-electron chi connectivity index (χ1n) is 3.11. The van der Waals surface area contributed by atoms with Gasteiger partial charge in [0.15, 0.2) is 0 Å². The zero-order valence-corrected chi connectivity index (χ0v) is 6.94. The standard InChI is InChI=1S/C8H10OS/c1-7-5-3-4-6-8(7)10-9-2/h3-6H,1-2H3. The van der Waals surface area contributed by atoms with Crippen LogP contribution < -0.4 is 0 Å². The fourth-order valence-corrected chi connectivity index (χ4v) is 1.25. The third kappa shape index (κ3) is 1.75. The molecule has 0 atom stereocenters. The van der Waals surface area contributed by atoms with Gasteiger partial charge >= 0.3 is 0 Å². The molecule has 0 saturated carbocycles. The highest BCUT2D eigenvalue weighted by molar-refractivity contribution is 7.94. The largest absolute Gasteiger partial charge is 0.314 e. The van der Waals surface area contributed by atoms with Gasteiger partial charge in [0.25, 0.3) is 0 Å². The van der Waals surface area contributed by atoms with E-state index in [1.54, 1.807) is 7.11 Å². The highest BCUT2D eigenvalue weighted by Crippen LogP contribution is 2.21. The predicted molar refractivity (Wildman–Crippen MR) is 44.0 cm³/mol. The number of aryl methyl sites for hydroxylation is 1.